The van der Waals surface area contributed by atoms with E-state index in [1.54, 1.807) is 6.07 Å². The van der Waals surface area contributed by atoms with Gasteiger partial charge in [-0.3, -0.25) is 4.90 Å². The highest BCUT2D eigenvalue weighted by molar-refractivity contribution is 7.89. The van der Waals surface area contributed by atoms with Crippen LogP contribution in [0, 0.1) is 11.8 Å². The topological polar surface area (TPSA) is 49.9 Å². The monoisotopic (exact) mass is 352 g/mol. The minimum Gasteiger partial charge on any atom is -0.379 e. The molecule has 134 valence electrons. The zero-order valence-electron chi connectivity index (χ0n) is 14.6. The lowest BCUT2D eigenvalue weighted by Crippen LogP contribution is -2.46. The van der Waals surface area contributed by atoms with Crippen LogP contribution in [-0.4, -0.2) is 57.0 Å². The maximum Gasteiger partial charge on any atom is 0.243 e. The Bertz CT molecular complexity index is 648. The highest BCUT2D eigenvalue weighted by Crippen LogP contribution is 2.25. The summed E-state index contributed by atoms with van der Waals surface area (Å²) >= 11 is 0. The molecule has 3 rings (SSSR count). The molecule has 0 aliphatic carbocycles. The van der Waals surface area contributed by atoms with Crippen molar-refractivity contribution in [2.75, 3.05) is 39.4 Å². The average molecular weight is 353 g/mol. The first kappa shape index (κ1) is 17.9. The molecule has 1 aromatic carbocycles. The molecule has 0 radical (unpaired) electrons. The minimum atomic E-state index is -3.40. The first-order valence-electron chi connectivity index (χ1n) is 8.84. The maximum atomic E-state index is 12.7. The van der Waals surface area contributed by atoms with E-state index in [9.17, 15) is 8.42 Å². The number of morpholine rings is 1. The van der Waals surface area contributed by atoms with Gasteiger partial charge in [-0.15, -0.1) is 0 Å². The first-order valence-corrected chi connectivity index (χ1v) is 10.3. The lowest BCUT2D eigenvalue weighted by molar-refractivity contribution is 0.0729. The fraction of sp³-hybridized carbons (Fsp3) is 0.667. The second-order valence-corrected chi connectivity index (χ2v) is 9.29. The molecule has 2 aliphatic heterocycles. The van der Waals surface area contributed by atoms with E-state index >= 15 is 0 Å². The predicted octanol–water partition coefficient (Wildman–Crippen LogP) is 2.19. The summed E-state index contributed by atoms with van der Waals surface area (Å²) in [7, 11) is -3.40. The van der Waals surface area contributed by atoms with Gasteiger partial charge in [-0.2, -0.15) is 4.31 Å². The van der Waals surface area contributed by atoms with Gasteiger partial charge in [-0.1, -0.05) is 26.0 Å². The average Bonchev–Trinajstić information content (AvgIpc) is 2.53. The van der Waals surface area contributed by atoms with Crippen molar-refractivity contribution in [1.82, 2.24) is 9.21 Å². The van der Waals surface area contributed by atoms with Crippen molar-refractivity contribution in [3.05, 3.63) is 29.8 Å². The summed E-state index contributed by atoms with van der Waals surface area (Å²) < 4.78 is 32.3. The fourth-order valence-corrected chi connectivity index (χ4v) is 5.10. The Morgan fingerprint density at radius 1 is 1.21 bits per heavy atom. The first-order chi connectivity index (χ1) is 11.4. The Morgan fingerprint density at radius 3 is 2.58 bits per heavy atom. The van der Waals surface area contributed by atoms with Crippen LogP contribution < -0.4 is 0 Å². The molecule has 2 heterocycles. The molecule has 0 bridgehead atoms. The summed E-state index contributed by atoms with van der Waals surface area (Å²) in [5.74, 6) is 1.55. The lowest BCUT2D eigenvalue weighted by Gasteiger charge is -2.40. The Morgan fingerprint density at radius 2 is 1.92 bits per heavy atom. The van der Waals surface area contributed by atoms with Gasteiger partial charge in [0.15, 0.2) is 0 Å². The van der Waals surface area contributed by atoms with E-state index in [0.717, 1.165) is 37.0 Å². The summed E-state index contributed by atoms with van der Waals surface area (Å²) in [6, 6.07) is 7.41. The summed E-state index contributed by atoms with van der Waals surface area (Å²) in [6.07, 6.45) is 1.28. The van der Waals surface area contributed by atoms with Crippen LogP contribution >= 0.6 is 0 Å². The molecule has 0 atom stereocenters. The van der Waals surface area contributed by atoms with Crippen LogP contribution in [-0.2, 0) is 21.3 Å². The molecule has 24 heavy (non-hydrogen) atoms. The van der Waals surface area contributed by atoms with Crippen molar-refractivity contribution in [3.8, 4) is 0 Å². The summed E-state index contributed by atoms with van der Waals surface area (Å²) in [5.41, 5.74) is 1.08. The molecular formula is C18H28N2O3S. The SMILES string of the molecule is CC(C)CC1CN(Cc2cccc(S(=O)(=O)N3CCOCC3)c2)C1. The molecule has 0 saturated carbocycles. The number of benzene rings is 1. The molecule has 0 N–H and O–H groups in total. The second-order valence-electron chi connectivity index (χ2n) is 7.35. The summed E-state index contributed by atoms with van der Waals surface area (Å²) in [5, 5.41) is 0. The number of sulfonamides is 1. The molecule has 6 heteroatoms. The lowest BCUT2D eigenvalue weighted by atomic mass is 9.90. The van der Waals surface area contributed by atoms with E-state index in [1.807, 2.05) is 18.2 Å². The van der Waals surface area contributed by atoms with Gasteiger partial charge >= 0.3 is 0 Å². The normalized spacial score (nSPS) is 21.1. The van der Waals surface area contributed by atoms with Crippen molar-refractivity contribution in [1.29, 1.82) is 0 Å². The van der Waals surface area contributed by atoms with Gasteiger partial charge in [-0.25, -0.2) is 8.42 Å². The molecule has 0 spiro atoms. The van der Waals surface area contributed by atoms with Crippen molar-refractivity contribution >= 4 is 10.0 Å². The largest absolute Gasteiger partial charge is 0.379 e. The van der Waals surface area contributed by atoms with Gasteiger partial charge in [0, 0.05) is 32.7 Å². The van der Waals surface area contributed by atoms with Gasteiger partial charge in [0.2, 0.25) is 10.0 Å². The van der Waals surface area contributed by atoms with Crippen LogP contribution in [0.3, 0.4) is 0 Å². The predicted molar refractivity (Wildman–Crippen MR) is 94.2 cm³/mol. The van der Waals surface area contributed by atoms with E-state index in [1.165, 1.54) is 10.7 Å². The molecule has 2 aliphatic rings. The van der Waals surface area contributed by atoms with Crippen LogP contribution in [0.5, 0.6) is 0 Å². The summed E-state index contributed by atoms with van der Waals surface area (Å²) in [4.78, 5) is 2.80. The van der Waals surface area contributed by atoms with Crippen molar-refractivity contribution in [3.63, 3.8) is 0 Å². The fourth-order valence-electron chi connectivity index (χ4n) is 3.62. The third-order valence-corrected chi connectivity index (χ3v) is 6.64. The van der Waals surface area contributed by atoms with Gasteiger partial charge in [-0.05, 0) is 36.0 Å². The number of hydrogen-bond acceptors (Lipinski definition) is 4. The van der Waals surface area contributed by atoms with Crippen LogP contribution in [0.1, 0.15) is 25.8 Å². The van der Waals surface area contributed by atoms with E-state index < -0.39 is 10.0 Å². The van der Waals surface area contributed by atoms with E-state index in [2.05, 4.69) is 18.7 Å². The van der Waals surface area contributed by atoms with Gasteiger partial charge in [0.05, 0.1) is 18.1 Å². The van der Waals surface area contributed by atoms with Crippen molar-refractivity contribution in [2.45, 2.75) is 31.7 Å². The maximum absolute atomic E-state index is 12.7. The second kappa shape index (κ2) is 7.52. The van der Waals surface area contributed by atoms with Crippen LogP contribution in [0.25, 0.3) is 0 Å². The molecule has 2 saturated heterocycles. The standard InChI is InChI=1S/C18H28N2O3S/c1-15(2)10-17-13-19(14-17)12-16-4-3-5-18(11-16)24(21,22)20-6-8-23-9-7-20/h3-5,11,15,17H,6-10,12-14H2,1-2H3. The number of likely N-dealkylation sites (tertiary alicyclic amines) is 1. The van der Waals surface area contributed by atoms with Crippen LogP contribution in [0.2, 0.25) is 0 Å². The Kier molecular flexibility index (Phi) is 5.59. The third-order valence-electron chi connectivity index (χ3n) is 4.75. The Labute approximate surface area is 145 Å². The van der Waals surface area contributed by atoms with Gasteiger partial charge in [0.25, 0.3) is 0 Å². The quantitative estimate of drug-likeness (QED) is 0.787. The number of hydrogen-bond donors (Lipinski definition) is 0. The zero-order valence-corrected chi connectivity index (χ0v) is 15.5. The smallest absolute Gasteiger partial charge is 0.243 e. The highest BCUT2D eigenvalue weighted by Gasteiger charge is 2.28. The molecule has 0 aromatic heterocycles. The van der Waals surface area contributed by atoms with Crippen LogP contribution in [0.15, 0.2) is 29.2 Å². The third kappa shape index (κ3) is 4.17. The van der Waals surface area contributed by atoms with Gasteiger partial charge in [0.1, 0.15) is 0 Å². The zero-order chi connectivity index (χ0) is 17.2. The highest BCUT2D eigenvalue weighted by atomic mass is 32.2. The Balaban J connectivity index is 1.62. The molecule has 5 nitrogen and oxygen atoms in total. The molecule has 2 fully saturated rings. The van der Waals surface area contributed by atoms with Crippen molar-refractivity contribution in [2.24, 2.45) is 11.8 Å². The number of nitrogens with zero attached hydrogens (tertiary/aromatic N) is 2. The number of rotatable bonds is 6. The molecule has 1 aromatic rings. The minimum absolute atomic E-state index is 0.404. The van der Waals surface area contributed by atoms with Gasteiger partial charge < -0.3 is 4.74 Å². The molecule has 0 unspecified atom stereocenters. The summed E-state index contributed by atoms with van der Waals surface area (Å²) in [6.45, 7) is 9.45. The molecular weight excluding hydrogens is 324 g/mol. The molecule has 0 amide bonds. The van der Waals surface area contributed by atoms with Crippen LogP contribution in [0.4, 0.5) is 0 Å². The van der Waals surface area contributed by atoms with Crippen molar-refractivity contribution < 1.29 is 13.2 Å². The van der Waals surface area contributed by atoms with E-state index in [0.29, 0.717) is 31.2 Å². The van der Waals surface area contributed by atoms with E-state index in [4.69, 9.17) is 4.74 Å². The number of ether oxygens (including phenoxy) is 1. The van der Waals surface area contributed by atoms with E-state index in [-0.39, 0.29) is 0 Å². The Hall–Kier alpha value is -0.950.